The molecule has 0 radical (unpaired) electrons. The molecule has 2 aromatic heterocycles. The number of aliphatic hydroxyl groups is 1. The minimum absolute atomic E-state index is 0.0528. The molecule has 34 nitrogen and oxygen atoms in total. The SMILES string of the molecule is CC(C)C[C@@H]1NC(=O)[C@H](Cc2ccc(O)cc2)NC(=O)[C@@H]2Cc3cn(c4ccccc34)C(C)C[C@H](NC(=O)[C@H](Cc3ccccc3)N(C)C(=O)[C@H](Cc3ccc(O)cc3)NC(=O)[C@H](Cc3c[nH]c4ccccc34)NC(=O)CNC(=O)[C@H](CO)NC(=O)[C@H](Cc3ccc(O)cc3)NC(=O)[C@H](C(C)C)NC1=O)C(=O)N[C@H](C(=O)NCC(N)=O)CSCC(=O)N2. The van der Waals surface area contributed by atoms with E-state index in [0.717, 1.165) is 16.7 Å². The second-order valence-electron chi connectivity index (χ2n) is 31.3. The second-order valence-corrected chi connectivity index (χ2v) is 32.4. The maximum absolute atomic E-state index is 15.9. The number of carbonyl (C=O) groups excluding carboxylic acids is 14. The number of para-hydroxylation sites is 2. The van der Waals surface area contributed by atoms with Gasteiger partial charge in [0.05, 0.1) is 25.4 Å². The zero-order valence-electron chi connectivity index (χ0n) is 68.2. The zero-order valence-corrected chi connectivity index (χ0v) is 69.1. The molecule has 0 spiro atoms. The topological polar surface area (TPSA) is 514 Å². The Labute approximate surface area is 707 Å². The molecule has 19 N–H and O–H groups in total. The van der Waals surface area contributed by atoms with E-state index in [9.17, 15) is 58.8 Å². The molecule has 2 aliphatic heterocycles. The van der Waals surface area contributed by atoms with E-state index >= 15 is 28.8 Å². The first-order chi connectivity index (χ1) is 58.3. The monoisotopic (exact) mass is 1690 g/mol. The molecule has 35 heteroatoms. The van der Waals surface area contributed by atoms with Crippen molar-refractivity contribution in [3.8, 4) is 17.2 Å². The van der Waals surface area contributed by atoms with Gasteiger partial charge in [-0.2, -0.15) is 0 Å². The minimum Gasteiger partial charge on any atom is -0.508 e. The first kappa shape index (κ1) is 91.0. The molecule has 0 saturated carbocycles. The molecule has 2 aliphatic rings. The van der Waals surface area contributed by atoms with Crippen LogP contribution in [0.15, 0.2) is 164 Å². The van der Waals surface area contributed by atoms with E-state index in [1.807, 2.05) is 0 Å². The largest absolute Gasteiger partial charge is 0.508 e. The van der Waals surface area contributed by atoms with Gasteiger partial charge in [-0.1, -0.05) is 131 Å². The Kier molecular flexibility index (Phi) is 31.8. The average Bonchev–Trinajstić information content (AvgIpc) is 1.65. The number of aromatic hydroxyl groups is 3. The molecule has 0 saturated heterocycles. The first-order valence-corrected chi connectivity index (χ1v) is 41.3. The lowest BCUT2D eigenvalue weighted by Crippen LogP contribution is -2.61. The lowest BCUT2D eigenvalue weighted by atomic mass is 9.98. The molecule has 122 heavy (non-hydrogen) atoms. The number of aliphatic hydroxyl groups excluding tert-OH is 1. The van der Waals surface area contributed by atoms with Gasteiger partial charge in [0.1, 0.15) is 83.7 Å². The van der Waals surface area contributed by atoms with Gasteiger partial charge in [0, 0.05) is 91.6 Å². The highest BCUT2D eigenvalue weighted by Gasteiger charge is 2.41. The highest BCUT2D eigenvalue weighted by Crippen LogP contribution is 2.30. The van der Waals surface area contributed by atoms with Crippen LogP contribution in [0.3, 0.4) is 0 Å². The molecule has 10 rings (SSSR count). The number of fused-ring (bicyclic) bond motifs is 5. The van der Waals surface area contributed by atoms with Crippen molar-refractivity contribution < 1.29 is 87.5 Å². The molecule has 0 fully saturated rings. The number of aromatic amines is 1. The molecule has 6 aromatic carbocycles. The average molecular weight is 1690 g/mol. The quantitative estimate of drug-likeness (QED) is 0.0599. The van der Waals surface area contributed by atoms with Crippen LogP contribution in [0.4, 0.5) is 0 Å². The predicted molar refractivity (Wildman–Crippen MR) is 452 cm³/mol. The fraction of sp³-hybridized carbons (Fsp3) is 0.379. The number of nitrogens with two attached hydrogens (primary N) is 1. The second kappa shape index (κ2) is 42.6. The first-order valence-electron chi connectivity index (χ1n) is 40.1. The molecule has 646 valence electrons. The van der Waals surface area contributed by atoms with Crippen LogP contribution in [0.1, 0.15) is 86.9 Å². The van der Waals surface area contributed by atoms with Gasteiger partial charge in [0.15, 0.2) is 0 Å². The van der Waals surface area contributed by atoms with Crippen molar-refractivity contribution in [3.05, 3.63) is 197 Å². The summed E-state index contributed by atoms with van der Waals surface area (Å²) in [6.07, 6.45) is 1.36. The highest BCUT2D eigenvalue weighted by atomic mass is 32.2. The Morgan fingerprint density at radius 2 is 1.03 bits per heavy atom. The Hall–Kier alpha value is -13.3. The molecule has 12 atom stereocenters. The molecular weight excluding hydrogens is 1590 g/mol. The van der Waals surface area contributed by atoms with E-state index in [2.05, 4.69) is 68.8 Å². The number of hydrogen-bond acceptors (Lipinski definition) is 19. The number of phenolic OH excluding ortho intramolecular Hbond substituents is 3. The summed E-state index contributed by atoms with van der Waals surface area (Å²) >= 11 is 0.833. The van der Waals surface area contributed by atoms with E-state index < -0.39 is 187 Å². The van der Waals surface area contributed by atoms with Gasteiger partial charge in [-0.25, -0.2) is 0 Å². The number of hydrogen-bond donors (Lipinski definition) is 18. The highest BCUT2D eigenvalue weighted by molar-refractivity contribution is 8.00. The fourth-order valence-electron chi connectivity index (χ4n) is 14.6. The molecule has 4 heterocycles. The van der Waals surface area contributed by atoms with E-state index in [-0.39, 0.29) is 80.3 Å². The molecule has 14 amide bonds. The number of H-pyrrole nitrogens is 1. The lowest BCUT2D eigenvalue weighted by molar-refractivity contribution is -0.143. The van der Waals surface area contributed by atoms with Crippen LogP contribution < -0.4 is 69.5 Å². The van der Waals surface area contributed by atoms with Crippen LogP contribution in [-0.2, 0) is 106 Å². The Morgan fingerprint density at radius 1 is 0.516 bits per heavy atom. The summed E-state index contributed by atoms with van der Waals surface area (Å²) < 4.78 is 1.79. The maximum atomic E-state index is 15.9. The van der Waals surface area contributed by atoms with Crippen molar-refractivity contribution in [2.75, 3.05) is 38.2 Å². The van der Waals surface area contributed by atoms with Crippen molar-refractivity contribution in [1.29, 1.82) is 0 Å². The zero-order chi connectivity index (χ0) is 88.0. The van der Waals surface area contributed by atoms with Crippen LogP contribution in [0.5, 0.6) is 17.2 Å². The van der Waals surface area contributed by atoms with Crippen molar-refractivity contribution >= 4 is 116 Å². The summed E-state index contributed by atoms with van der Waals surface area (Å²) in [5.74, 6) is -15.4. The number of likely N-dealkylation sites (N-methyl/N-ethyl adjacent to an activating group) is 1. The number of phenols is 3. The van der Waals surface area contributed by atoms with Gasteiger partial charge in [0.2, 0.25) is 82.7 Å². The Balaban J connectivity index is 1.09. The lowest BCUT2D eigenvalue weighted by Gasteiger charge is -2.33. The van der Waals surface area contributed by atoms with Crippen LogP contribution in [0.2, 0.25) is 0 Å². The van der Waals surface area contributed by atoms with Gasteiger partial charge in [0.25, 0.3) is 0 Å². The van der Waals surface area contributed by atoms with E-state index in [4.69, 9.17) is 5.73 Å². The van der Waals surface area contributed by atoms with E-state index in [1.165, 1.54) is 79.8 Å². The van der Waals surface area contributed by atoms with Gasteiger partial charge in [-0.15, -0.1) is 11.8 Å². The number of rotatable bonds is 17. The van der Waals surface area contributed by atoms with Crippen molar-refractivity contribution in [2.45, 2.75) is 158 Å². The number of thioether (sulfide) groups is 1. The summed E-state index contributed by atoms with van der Waals surface area (Å²) in [7, 11) is 1.32. The minimum atomic E-state index is -1.82. The van der Waals surface area contributed by atoms with Gasteiger partial charge >= 0.3 is 0 Å². The van der Waals surface area contributed by atoms with Gasteiger partial charge in [-0.3, -0.25) is 67.1 Å². The fourth-order valence-corrected chi connectivity index (χ4v) is 15.5. The summed E-state index contributed by atoms with van der Waals surface area (Å²) in [5, 5.41) is 75.2. The molecule has 8 aromatic rings. The predicted octanol–water partition coefficient (Wildman–Crippen LogP) is 0.794. The van der Waals surface area contributed by atoms with Crippen molar-refractivity contribution in [3.63, 3.8) is 0 Å². The third-order valence-electron chi connectivity index (χ3n) is 21.1. The molecule has 1 unspecified atom stereocenters. The van der Waals surface area contributed by atoms with Crippen LogP contribution in [-0.4, -0.2) is 222 Å². The Bertz CT molecular complexity index is 5100. The smallest absolute Gasteiger partial charge is 0.245 e. The summed E-state index contributed by atoms with van der Waals surface area (Å²) in [4.78, 5) is 212. The van der Waals surface area contributed by atoms with E-state index in [0.29, 0.717) is 55.2 Å². The third-order valence-corrected chi connectivity index (χ3v) is 22.2. The number of aromatic nitrogens is 2. The molecule has 4 bridgehead atoms. The van der Waals surface area contributed by atoms with Gasteiger partial charge < -0.3 is 104 Å². The van der Waals surface area contributed by atoms with E-state index in [1.54, 1.807) is 130 Å². The summed E-state index contributed by atoms with van der Waals surface area (Å²) in [5.41, 5.74) is 9.37. The molecular formula is C87H104N16O18S. The van der Waals surface area contributed by atoms with Crippen molar-refractivity contribution in [1.82, 2.24) is 78.3 Å². The summed E-state index contributed by atoms with van der Waals surface area (Å²) in [6, 6.07) is 21.5. The Morgan fingerprint density at radius 3 is 1.62 bits per heavy atom. The number of benzene rings is 6. The van der Waals surface area contributed by atoms with Crippen LogP contribution >= 0.6 is 11.8 Å². The number of amides is 14. The normalized spacial score (nSPS) is 23.0. The molecule has 0 aliphatic carbocycles. The third kappa shape index (κ3) is 25.1. The number of nitrogens with one attached hydrogen (secondary N) is 13. The standard InChI is InChI=1S/C87H104N16O18S/c1-47(2)32-62-84(118)101-76(48(3)4)86(120)97-65(35-52-22-28-57(106)29-23-52)81(115)99-69(44-104)77(111)91-42-74(109)92-66(38-54-40-89-61-18-12-10-16-59(54)61)83(117)98-68(36-53-24-30-58(107)31-25-53)87(121)102(6)72(37-50-14-8-7-9-15-50)85(119)96-63-33-49(5)103-43-55(60-17-11-13-19-71(60)103)39-67(82(116)95-64(80(114)94-62)34-51-20-26-56(105)27-21-51)93-75(110)46-122-45-70(100-79(63)113)78(112)90-41-73(88)108/h7-31,40,43,47-49,62-70,72,76,89,104-107H,32-39,41-42,44-46H2,1-6H3,(H2,88,108)(H,90,112)(H,91,111)(H,92,109)(H,93,110)(H,94,114)(H,95,116)(H,96,119)(H,97,120)(H,98,117)(H,99,115)(H,100,113)(H,101,118)/t49?,62-,63-,64-,65-,66-,67-,68-,69-,70-,72-,76-/m0/s1. The summed E-state index contributed by atoms with van der Waals surface area (Å²) in [6.45, 7) is 5.82. The number of carbonyl (C=O) groups is 14. The van der Waals surface area contributed by atoms with Crippen molar-refractivity contribution in [2.24, 2.45) is 17.6 Å². The van der Waals surface area contributed by atoms with Crippen LogP contribution in [0, 0.1) is 11.8 Å². The number of primary amides is 1. The van der Waals surface area contributed by atoms with Gasteiger partial charge in [-0.05, 0) is 114 Å². The van der Waals surface area contributed by atoms with Crippen LogP contribution in [0.25, 0.3) is 21.8 Å². The maximum Gasteiger partial charge on any atom is 0.245 e. The number of nitrogens with zero attached hydrogens (tertiary/aromatic N) is 2.